The van der Waals surface area contributed by atoms with E-state index in [1.54, 1.807) is 0 Å². The summed E-state index contributed by atoms with van der Waals surface area (Å²) >= 11 is 0. The van der Waals surface area contributed by atoms with Crippen LogP contribution in [0.25, 0.3) is 82.7 Å². The molecule has 0 aliphatic carbocycles. The van der Waals surface area contributed by atoms with E-state index in [9.17, 15) is 0 Å². The minimum Gasteiger partial charge on any atom is -0.337 e. The average molecular weight is 796 g/mol. The molecule has 5 heteroatoms. The summed E-state index contributed by atoms with van der Waals surface area (Å²) in [5.74, 6) is 0.835. The molecule has 2 unspecified atom stereocenters. The van der Waals surface area contributed by atoms with Crippen LogP contribution in [0.2, 0.25) is 0 Å². The molecule has 0 spiro atoms. The number of nitrogens with one attached hydrogen (secondary N) is 2. The first-order valence-corrected chi connectivity index (χ1v) is 21.3. The first-order valence-electron chi connectivity index (χ1n) is 21.3. The van der Waals surface area contributed by atoms with Crippen LogP contribution in [0, 0.1) is 0 Å². The quantitative estimate of drug-likeness (QED) is 0.169. The van der Waals surface area contributed by atoms with Gasteiger partial charge in [0.2, 0.25) is 0 Å². The summed E-state index contributed by atoms with van der Waals surface area (Å²) < 4.78 is 4.99. The van der Waals surface area contributed by atoms with Gasteiger partial charge in [0.25, 0.3) is 0 Å². The molecule has 0 radical (unpaired) electrons. The fraction of sp³-hybridized carbons (Fsp3) is 0.0351. The topological polar surface area (TPSA) is 46.3 Å². The molecule has 294 valence electrons. The minimum atomic E-state index is -0.374. The van der Waals surface area contributed by atoms with Crippen LogP contribution in [0.1, 0.15) is 23.6 Å². The van der Waals surface area contributed by atoms with Gasteiger partial charge in [-0.1, -0.05) is 194 Å². The van der Waals surface area contributed by atoms with Crippen molar-refractivity contribution in [3.8, 4) is 39.1 Å². The van der Waals surface area contributed by atoms with E-state index in [1.165, 1.54) is 49.4 Å². The average Bonchev–Trinajstić information content (AvgIpc) is 3.88. The van der Waals surface area contributed by atoms with Gasteiger partial charge < -0.3 is 14.5 Å². The summed E-state index contributed by atoms with van der Waals surface area (Å²) in [4.78, 5) is 5.39. The number of nitrogens with zero attached hydrogens (tertiary/aromatic N) is 3. The Morgan fingerprint density at radius 3 is 1.61 bits per heavy atom. The number of para-hydroxylation sites is 2. The molecule has 2 aromatic heterocycles. The van der Waals surface area contributed by atoms with Gasteiger partial charge in [0, 0.05) is 32.7 Å². The lowest BCUT2D eigenvalue weighted by atomic mass is 9.97. The van der Waals surface area contributed by atoms with Gasteiger partial charge in [-0.15, -0.1) is 0 Å². The Morgan fingerprint density at radius 2 is 0.919 bits per heavy atom. The second-order valence-electron chi connectivity index (χ2n) is 16.0. The lowest BCUT2D eigenvalue weighted by Gasteiger charge is -2.34. The van der Waals surface area contributed by atoms with Gasteiger partial charge in [-0.2, -0.15) is 0 Å². The Labute approximate surface area is 359 Å². The van der Waals surface area contributed by atoms with Gasteiger partial charge in [-0.3, -0.25) is 5.32 Å². The Kier molecular flexibility index (Phi) is 8.65. The summed E-state index contributed by atoms with van der Waals surface area (Å²) in [5, 5.41) is 12.7. The third kappa shape index (κ3) is 6.01. The van der Waals surface area contributed by atoms with Crippen LogP contribution in [0.3, 0.4) is 0 Å². The minimum absolute atomic E-state index is 0.311. The maximum Gasteiger partial charge on any atom is 0.162 e. The summed E-state index contributed by atoms with van der Waals surface area (Å²) in [6.45, 7) is 0. The van der Waals surface area contributed by atoms with Crippen molar-refractivity contribution >= 4 is 49.4 Å². The van der Waals surface area contributed by atoms with Crippen LogP contribution >= 0.6 is 0 Å². The Balaban J connectivity index is 1.13. The standard InChI is InChI=1S/C57H41N5/c1-5-18-38(19-6-1)42-26-17-27-44(36-42)56-58-55(41-24-11-4-12-25-41)59-57(60-56)62-51-31-16-14-29-46(51)48-34-33-47-45-28-13-15-30-50(45)61(53(47)54(48)62)52-35-32-43(39-20-7-2-8-21-39)37-49(52)40-22-9-3-10-23-40/h1-37,55,57,59H,(H,58,60). The van der Waals surface area contributed by atoms with Crippen molar-refractivity contribution in [1.82, 2.24) is 19.8 Å². The number of aliphatic imine (C=N–C) groups is 1. The Hall–Kier alpha value is -7.99. The highest BCUT2D eigenvalue weighted by atomic mass is 15.4. The lowest BCUT2D eigenvalue weighted by Crippen LogP contribution is -2.47. The van der Waals surface area contributed by atoms with Crippen molar-refractivity contribution in [2.75, 3.05) is 0 Å². The van der Waals surface area contributed by atoms with Crippen molar-refractivity contribution in [2.45, 2.75) is 12.5 Å². The second-order valence-corrected chi connectivity index (χ2v) is 16.0. The number of fused-ring (bicyclic) bond motifs is 7. The second kappa shape index (κ2) is 14.9. The molecular formula is C57H41N5. The summed E-state index contributed by atoms with van der Waals surface area (Å²) in [5.41, 5.74) is 14.9. The summed E-state index contributed by atoms with van der Waals surface area (Å²) in [6.07, 6.45) is -0.684. The molecule has 3 heterocycles. The van der Waals surface area contributed by atoms with Crippen LogP contribution in [-0.2, 0) is 0 Å². The molecule has 1 aliphatic heterocycles. The monoisotopic (exact) mass is 795 g/mol. The number of hydrogen-bond donors (Lipinski definition) is 2. The molecule has 62 heavy (non-hydrogen) atoms. The molecule has 5 nitrogen and oxygen atoms in total. The van der Waals surface area contributed by atoms with E-state index >= 15 is 0 Å². The molecule has 0 saturated carbocycles. The number of aromatic nitrogens is 2. The zero-order chi connectivity index (χ0) is 41.0. The number of rotatable bonds is 7. The van der Waals surface area contributed by atoms with Crippen molar-refractivity contribution < 1.29 is 0 Å². The van der Waals surface area contributed by atoms with E-state index in [2.05, 4.69) is 244 Å². The Morgan fingerprint density at radius 1 is 0.387 bits per heavy atom. The lowest BCUT2D eigenvalue weighted by molar-refractivity contribution is 0.330. The molecule has 2 atom stereocenters. The van der Waals surface area contributed by atoms with Crippen LogP contribution in [0.5, 0.6) is 0 Å². The zero-order valence-corrected chi connectivity index (χ0v) is 33.9. The molecule has 12 rings (SSSR count). The summed E-state index contributed by atoms with van der Waals surface area (Å²) in [6, 6.07) is 80.6. The van der Waals surface area contributed by atoms with Gasteiger partial charge in [0.15, 0.2) is 6.29 Å². The molecule has 11 aromatic rings. The molecule has 9 aromatic carbocycles. The van der Waals surface area contributed by atoms with Crippen LogP contribution in [-0.4, -0.2) is 15.0 Å². The number of hydrogen-bond acceptors (Lipinski definition) is 3. The van der Waals surface area contributed by atoms with Crippen LogP contribution in [0.4, 0.5) is 0 Å². The maximum atomic E-state index is 5.39. The molecule has 1 aliphatic rings. The zero-order valence-electron chi connectivity index (χ0n) is 33.9. The highest BCUT2D eigenvalue weighted by Gasteiger charge is 2.30. The predicted molar refractivity (Wildman–Crippen MR) is 258 cm³/mol. The van der Waals surface area contributed by atoms with Gasteiger partial charge in [-0.25, -0.2) is 4.99 Å². The van der Waals surface area contributed by atoms with E-state index in [-0.39, 0.29) is 12.5 Å². The normalized spacial score (nSPS) is 15.3. The third-order valence-corrected chi connectivity index (χ3v) is 12.4. The highest BCUT2D eigenvalue weighted by Crippen LogP contribution is 2.44. The molecule has 0 saturated heterocycles. The Bertz CT molecular complexity index is 3460. The van der Waals surface area contributed by atoms with Crippen molar-refractivity contribution in [1.29, 1.82) is 0 Å². The molecule has 0 amide bonds. The summed E-state index contributed by atoms with van der Waals surface area (Å²) in [7, 11) is 0. The first kappa shape index (κ1) is 35.9. The molecular weight excluding hydrogens is 755 g/mol. The fourth-order valence-corrected chi connectivity index (χ4v) is 9.55. The van der Waals surface area contributed by atoms with E-state index in [0.29, 0.717) is 0 Å². The molecule has 0 fully saturated rings. The van der Waals surface area contributed by atoms with Gasteiger partial charge >= 0.3 is 0 Å². The van der Waals surface area contributed by atoms with Crippen LogP contribution in [0.15, 0.2) is 229 Å². The largest absolute Gasteiger partial charge is 0.337 e. The van der Waals surface area contributed by atoms with Crippen molar-refractivity contribution in [3.05, 3.63) is 236 Å². The highest BCUT2D eigenvalue weighted by molar-refractivity contribution is 6.23. The van der Waals surface area contributed by atoms with E-state index in [0.717, 1.165) is 50.3 Å². The smallest absolute Gasteiger partial charge is 0.162 e. The van der Waals surface area contributed by atoms with Gasteiger partial charge in [0.05, 0.1) is 27.8 Å². The van der Waals surface area contributed by atoms with E-state index in [1.807, 2.05) is 0 Å². The van der Waals surface area contributed by atoms with Gasteiger partial charge in [-0.05, 0) is 63.7 Å². The van der Waals surface area contributed by atoms with Crippen molar-refractivity contribution in [2.24, 2.45) is 4.99 Å². The van der Waals surface area contributed by atoms with Crippen molar-refractivity contribution in [3.63, 3.8) is 0 Å². The third-order valence-electron chi connectivity index (χ3n) is 12.4. The van der Waals surface area contributed by atoms with Crippen LogP contribution < -0.4 is 10.6 Å². The fourth-order valence-electron chi connectivity index (χ4n) is 9.55. The molecule has 2 N–H and O–H groups in total. The van der Waals surface area contributed by atoms with Gasteiger partial charge in [0.1, 0.15) is 12.0 Å². The predicted octanol–water partition coefficient (Wildman–Crippen LogP) is 13.7. The van der Waals surface area contributed by atoms with E-state index < -0.39 is 0 Å². The first-order chi connectivity index (χ1) is 30.8. The molecule has 0 bridgehead atoms. The number of amidine groups is 1. The number of benzene rings is 9. The SMILES string of the molecule is c1ccc(-c2cccc(C3=NC(c4ccccc4)NC(n4c5ccccc5c5ccc6c7ccccc7n(-c7ccc(-c8ccccc8)cc7-c7ccccc7)c6c54)N3)c2)cc1. The van der Waals surface area contributed by atoms with E-state index in [4.69, 9.17) is 4.99 Å². The maximum absolute atomic E-state index is 5.39.